The highest BCUT2D eigenvalue weighted by atomic mass is 35.5. The fourth-order valence-corrected chi connectivity index (χ4v) is 3.35. The number of aromatic nitrogens is 2. The average Bonchev–Trinajstić information content (AvgIpc) is 2.89. The van der Waals surface area contributed by atoms with Gasteiger partial charge < -0.3 is 14.2 Å². The normalized spacial score (nSPS) is 15.3. The van der Waals surface area contributed by atoms with Crippen LogP contribution in [0.1, 0.15) is 22.3 Å². The van der Waals surface area contributed by atoms with Crippen molar-refractivity contribution in [3.05, 3.63) is 52.8 Å². The van der Waals surface area contributed by atoms with Crippen molar-refractivity contribution in [3.8, 4) is 0 Å². The fourth-order valence-electron chi connectivity index (χ4n) is 3.19. The highest BCUT2D eigenvalue weighted by Crippen LogP contribution is 2.25. The van der Waals surface area contributed by atoms with Crippen molar-refractivity contribution in [2.45, 2.75) is 13.3 Å². The van der Waals surface area contributed by atoms with Crippen LogP contribution in [0, 0.1) is 6.92 Å². The number of amides is 1. The van der Waals surface area contributed by atoms with Gasteiger partial charge in [-0.25, -0.2) is 0 Å². The van der Waals surface area contributed by atoms with Gasteiger partial charge in [-0.05, 0) is 37.1 Å². The van der Waals surface area contributed by atoms with Gasteiger partial charge in [0.15, 0.2) is 5.58 Å². The molecule has 3 heterocycles. The molecule has 26 heavy (non-hydrogen) atoms. The van der Waals surface area contributed by atoms with Gasteiger partial charge in [0.05, 0.1) is 5.56 Å². The topological polar surface area (TPSA) is 62.5 Å². The lowest BCUT2D eigenvalue weighted by molar-refractivity contribution is 0.0766. The maximum atomic E-state index is 12.7. The van der Waals surface area contributed by atoms with Crippen LogP contribution in [0.4, 0.5) is 6.01 Å². The number of anilines is 1. The first-order chi connectivity index (χ1) is 12.6. The third-order valence-electron chi connectivity index (χ3n) is 4.51. The van der Waals surface area contributed by atoms with Crippen LogP contribution in [0.2, 0.25) is 5.02 Å². The Hall–Kier alpha value is -2.60. The molecule has 1 aliphatic heterocycles. The third-order valence-corrected chi connectivity index (χ3v) is 4.75. The van der Waals surface area contributed by atoms with E-state index in [1.54, 1.807) is 24.5 Å². The minimum Gasteiger partial charge on any atom is -0.423 e. The van der Waals surface area contributed by atoms with Crippen molar-refractivity contribution in [3.63, 3.8) is 0 Å². The monoisotopic (exact) mass is 370 g/mol. The van der Waals surface area contributed by atoms with E-state index < -0.39 is 0 Å². The summed E-state index contributed by atoms with van der Waals surface area (Å²) in [7, 11) is 0. The van der Waals surface area contributed by atoms with Crippen LogP contribution in [-0.4, -0.2) is 47.0 Å². The standard InChI is InChI=1S/C19H19ClN4O2/c1-13-9-14(12-21-11-13)18(25)23-5-2-6-24(8-7-23)19-22-16-4-3-15(20)10-17(16)26-19/h3-4,9-12H,2,5-8H2,1H3. The highest BCUT2D eigenvalue weighted by Gasteiger charge is 2.23. The lowest BCUT2D eigenvalue weighted by Gasteiger charge is -2.21. The van der Waals surface area contributed by atoms with E-state index >= 15 is 0 Å². The molecular weight excluding hydrogens is 352 g/mol. The molecule has 1 aromatic carbocycles. The second-order valence-electron chi connectivity index (χ2n) is 6.49. The lowest BCUT2D eigenvalue weighted by atomic mass is 10.2. The first-order valence-corrected chi connectivity index (χ1v) is 9.00. The molecule has 1 saturated heterocycles. The predicted molar refractivity (Wildman–Crippen MR) is 101 cm³/mol. The molecule has 134 valence electrons. The summed E-state index contributed by atoms with van der Waals surface area (Å²) >= 11 is 6.01. The van der Waals surface area contributed by atoms with E-state index in [4.69, 9.17) is 16.0 Å². The van der Waals surface area contributed by atoms with Crippen LogP contribution in [0.25, 0.3) is 11.1 Å². The molecule has 4 rings (SSSR count). The number of aryl methyl sites for hydroxylation is 1. The molecule has 0 saturated carbocycles. The maximum Gasteiger partial charge on any atom is 0.298 e. The molecule has 0 N–H and O–H groups in total. The first kappa shape index (κ1) is 16.8. The summed E-state index contributed by atoms with van der Waals surface area (Å²) in [5, 5.41) is 0.625. The van der Waals surface area contributed by atoms with Crippen molar-refractivity contribution >= 4 is 34.6 Å². The Morgan fingerprint density at radius 2 is 2.04 bits per heavy atom. The predicted octanol–water partition coefficient (Wildman–Crippen LogP) is 3.54. The third kappa shape index (κ3) is 3.37. The van der Waals surface area contributed by atoms with Gasteiger partial charge in [0, 0.05) is 49.7 Å². The molecule has 0 bridgehead atoms. The smallest absolute Gasteiger partial charge is 0.298 e. The van der Waals surface area contributed by atoms with Crippen LogP contribution in [0.3, 0.4) is 0 Å². The van der Waals surface area contributed by atoms with Crippen LogP contribution in [0.15, 0.2) is 41.1 Å². The molecule has 7 heteroatoms. The molecule has 0 atom stereocenters. The quantitative estimate of drug-likeness (QED) is 0.690. The Bertz CT molecular complexity index is 956. The number of fused-ring (bicyclic) bond motifs is 1. The molecule has 3 aromatic rings. The second-order valence-corrected chi connectivity index (χ2v) is 6.93. The Kier molecular flexibility index (Phi) is 4.51. The van der Waals surface area contributed by atoms with Crippen molar-refractivity contribution in [2.24, 2.45) is 0 Å². The van der Waals surface area contributed by atoms with Gasteiger partial charge in [-0.15, -0.1) is 0 Å². The largest absolute Gasteiger partial charge is 0.423 e. The van der Waals surface area contributed by atoms with Gasteiger partial charge in [-0.2, -0.15) is 4.98 Å². The molecule has 0 aliphatic carbocycles. The minimum absolute atomic E-state index is 0.0207. The van der Waals surface area contributed by atoms with E-state index in [-0.39, 0.29) is 5.91 Å². The molecule has 0 unspecified atom stereocenters. The molecule has 0 spiro atoms. The van der Waals surface area contributed by atoms with Gasteiger partial charge in [-0.1, -0.05) is 11.6 Å². The van der Waals surface area contributed by atoms with Gasteiger partial charge >= 0.3 is 0 Å². The second kappa shape index (κ2) is 6.96. The number of hydrogen-bond acceptors (Lipinski definition) is 5. The fraction of sp³-hybridized carbons (Fsp3) is 0.316. The van der Waals surface area contributed by atoms with Crippen LogP contribution in [-0.2, 0) is 0 Å². The molecule has 1 aliphatic rings. The SMILES string of the molecule is Cc1cncc(C(=O)N2CCCN(c3nc4ccc(Cl)cc4o3)CC2)c1. The van der Waals surface area contributed by atoms with Crippen LogP contribution >= 0.6 is 11.6 Å². The number of halogens is 1. The van der Waals surface area contributed by atoms with Crippen molar-refractivity contribution < 1.29 is 9.21 Å². The number of pyridine rings is 1. The van der Waals surface area contributed by atoms with Gasteiger partial charge in [0.2, 0.25) is 0 Å². The van der Waals surface area contributed by atoms with E-state index in [0.29, 0.717) is 41.8 Å². The zero-order valence-electron chi connectivity index (χ0n) is 14.5. The minimum atomic E-state index is 0.0207. The number of nitrogens with zero attached hydrogens (tertiary/aromatic N) is 4. The number of carbonyl (C=O) groups is 1. The zero-order valence-corrected chi connectivity index (χ0v) is 15.2. The van der Waals surface area contributed by atoms with Gasteiger partial charge in [0.1, 0.15) is 5.52 Å². The summed E-state index contributed by atoms with van der Waals surface area (Å²) in [4.78, 5) is 25.4. The molecular formula is C19H19ClN4O2. The van der Waals surface area contributed by atoms with E-state index in [2.05, 4.69) is 14.9 Å². The summed E-state index contributed by atoms with van der Waals surface area (Å²) in [6.07, 6.45) is 4.23. The number of hydrogen-bond donors (Lipinski definition) is 0. The molecule has 1 fully saturated rings. The Balaban J connectivity index is 1.49. The van der Waals surface area contributed by atoms with E-state index in [1.165, 1.54) is 0 Å². The molecule has 1 amide bonds. The van der Waals surface area contributed by atoms with E-state index in [9.17, 15) is 4.79 Å². The van der Waals surface area contributed by atoms with Crippen molar-refractivity contribution in [2.75, 3.05) is 31.1 Å². The number of carbonyl (C=O) groups excluding carboxylic acids is 1. The molecule has 2 aromatic heterocycles. The maximum absolute atomic E-state index is 12.7. The number of benzene rings is 1. The van der Waals surface area contributed by atoms with Gasteiger partial charge in [0.25, 0.3) is 11.9 Å². The van der Waals surface area contributed by atoms with Crippen molar-refractivity contribution in [1.29, 1.82) is 0 Å². The van der Waals surface area contributed by atoms with Crippen LogP contribution < -0.4 is 4.90 Å². The molecule has 6 nitrogen and oxygen atoms in total. The van der Waals surface area contributed by atoms with Gasteiger partial charge in [-0.3, -0.25) is 9.78 Å². The summed E-state index contributed by atoms with van der Waals surface area (Å²) in [5.41, 5.74) is 3.08. The Labute approximate surface area is 156 Å². The first-order valence-electron chi connectivity index (χ1n) is 8.62. The lowest BCUT2D eigenvalue weighted by Crippen LogP contribution is -2.35. The zero-order chi connectivity index (χ0) is 18.1. The van der Waals surface area contributed by atoms with Crippen LogP contribution in [0.5, 0.6) is 0 Å². The van der Waals surface area contributed by atoms with Crippen molar-refractivity contribution in [1.82, 2.24) is 14.9 Å². The summed E-state index contributed by atoms with van der Waals surface area (Å²) < 4.78 is 5.86. The Morgan fingerprint density at radius 1 is 1.15 bits per heavy atom. The summed E-state index contributed by atoms with van der Waals surface area (Å²) in [6, 6.07) is 7.88. The number of oxazole rings is 1. The van der Waals surface area contributed by atoms with E-state index in [0.717, 1.165) is 24.0 Å². The summed E-state index contributed by atoms with van der Waals surface area (Å²) in [5.74, 6) is 0.0207. The molecule has 0 radical (unpaired) electrons. The highest BCUT2D eigenvalue weighted by molar-refractivity contribution is 6.31. The summed E-state index contributed by atoms with van der Waals surface area (Å²) in [6.45, 7) is 4.72. The number of rotatable bonds is 2. The Morgan fingerprint density at radius 3 is 2.88 bits per heavy atom. The average molecular weight is 371 g/mol. The van der Waals surface area contributed by atoms with E-state index in [1.807, 2.05) is 24.0 Å².